The lowest BCUT2D eigenvalue weighted by atomic mass is 9.98. The van der Waals surface area contributed by atoms with E-state index in [1.54, 1.807) is 17.2 Å². The Hall–Kier alpha value is -5.51. The van der Waals surface area contributed by atoms with Crippen LogP contribution in [0.2, 0.25) is 0 Å². The number of aryl methyl sites for hydroxylation is 3. The number of nitrogens with two attached hydrogens (primary N) is 1. The highest BCUT2D eigenvalue weighted by Crippen LogP contribution is 2.41. The first-order valence-corrected chi connectivity index (χ1v) is 21.4. The van der Waals surface area contributed by atoms with Gasteiger partial charge in [-0.15, -0.1) is 0 Å². The third-order valence-corrected chi connectivity index (χ3v) is 14.0. The lowest BCUT2D eigenvalue weighted by molar-refractivity contribution is -0.385. The summed E-state index contributed by atoms with van der Waals surface area (Å²) in [6, 6.07) is 9.53. The highest BCUT2D eigenvalue weighted by molar-refractivity contribution is 6.05. The van der Waals surface area contributed by atoms with Crippen molar-refractivity contribution in [1.29, 1.82) is 0 Å². The van der Waals surface area contributed by atoms with Gasteiger partial charge in [-0.3, -0.25) is 34.6 Å². The first-order chi connectivity index (χ1) is 28.1. The standard InChI is InChI=1S/2C12H11NO3.C12H15N.C12H12O/c14-12-5-4-8-7-2-1-3-9(7)11(13(15)16)6-10(8)12;14-11-5-4-9-8-3-1-2-7(8)6-10(12(9)11)13(15)16;13-12-7-8-3-1-4-9(8)10-5-2-6-11(10)12;13-12-7-6-10-9-3-1-2-8(9)4-5-11(10)12/h2*6H,1-5H2;7H,1-6,13H2;4-5H,1-3,6-7H2. The van der Waals surface area contributed by atoms with Crippen molar-refractivity contribution in [2.75, 3.05) is 5.73 Å². The van der Waals surface area contributed by atoms with E-state index in [1.165, 1.54) is 97.2 Å². The molecule has 0 atom stereocenters. The van der Waals surface area contributed by atoms with Crippen molar-refractivity contribution in [3.8, 4) is 0 Å². The third kappa shape index (κ3) is 6.64. The summed E-state index contributed by atoms with van der Waals surface area (Å²) in [4.78, 5) is 55.9. The Morgan fingerprint density at radius 3 is 1.53 bits per heavy atom. The van der Waals surface area contributed by atoms with Gasteiger partial charge in [0.1, 0.15) is 0 Å². The smallest absolute Gasteiger partial charge is 0.280 e. The minimum absolute atomic E-state index is 0.0261. The molecule has 0 radical (unpaired) electrons. The molecule has 0 spiro atoms. The third-order valence-electron chi connectivity index (χ3n) is 14.0. The van der Waals surface area contributed by atoms with Crippen molar-refractivity contribution in [2.45, 2.75) is 135 Å². The number of benzene rings is 4. The molecule has 2 N–H and O–H groups in total. The molecule has 298 valence electrons. The summed E-state index contributed by atoms with van der Waals surface area (Å²) < 4.78 is 0. The Balaban J connectivity index is 0.000000101. The van der Waals surface area contributed by atoms with E-state index in [0.29, 0.717) is 36.2 Å². The van der Waals surface area contributed by atoms with Gasteiger partial charge in [0.2, 0.25) is 0 Å². The van der Waals surface area contributed by atoms with Crippen LogP contribution in [0.25, 0.3) is 0 Å². The predicted molar refractivity (Wildman–Crippen MR) is 222 cm³/mol. The van der Waals surface area contributed by atoms with Gasteiger partial charge in [-0.05, 0) is 188 Å². The Morgan fingerprint density at radius 1 is 0.397 bits per heavy atom. The Labute approximate surface area is 337 Å². The van der Waals surface area contributed by atoms with Crippen molar-refractivity contribution < 1.29 is 24.2 Å². The van der Waals surface area contributed by atoms with Crippen molar-refractivity contribution >= 4 is 34.4 Å². The van der Waals surface area contributed by atoms with Crippen LogP contribution in [-0.2, 0) is 83.5 Å². The molecule has 10 heteroatoms. The second-order valence-corrected chi connectivity index (χ2v) is 17.1. The van der Waals surface area contributed by atoms with Crippen LogP contribution in [0.3, 0.4) is 0 Å². The van der Waals surface area contributed by atoms with Crippen LogP contribution >= 0.6 is 0 Å². The number of Topliss-reactive ketones (excluding diaryl/α,β-unsaturated/α-hetero) is 3. The van der Waals surface area contributed by atoms with Crippen LogP contribution in [-0.4, -0.2) is 27.2 Å². The number of nitro groups is 2. The molecule has 4 aromatic rings. The van der Waals surface area contributed by atoms with Crippen LogP contribution in [0, 0.1) is 20.2 Å². The van der Waals surface area contributed by atoms with E-state index in [-0.39, 0.29) is 27.9 Å². The summed E-state index contributed by atoms with van der Waals surface area (Å²) in [5.41, 5.74) is 26.3. The van der Waals surface area contributed by atoms with Crippen LogP contribution < -0.4 is 5.73 Å². The molecule has 0 bridgehead atoms. The lowest BCUT2D eigenvalue weighted by Gasteiger charge is -2.10. The van der Waals surface area contributed by atoms with Gasteiger partial charge in [0.05, 0.1) is 15.4 Å². The molecule has 8 aliphatic carbocycles. The molecule has 12 rings (SSSR count). The molecular formula is C48H49N3O7. The summed E-state index contributed by atoms with van der Waals surface area (Å²) in [6.07, 6.45) is 21.2. The van der Waals surface area contributed by atoms with Gasteiger partial charge in [0.25, 0.3) is 11.4 Å². The molecule has 58 heavy (non-hydrogen) atoms. The summed E-state index contributed by atoms with van der Waals surface area (Å²) in [6.45, 7) is 0. The molecular weight excluding hydrogens is 731 g/mol. The monoisotopic (exact) mass is 779 g/mol. The second-order valence-electron chi connectivity index (χ2n) is 17.1. The van der Waals surface area contributed by atoms with Gasteiger partial charge in [0, 0.05) is 53.8 Å². The van der Waals surface area contributed by atoms with Gasteiger partial charge in [-0.1, -0.05) is 12.1 Å². The summed E-state index contributed by atoms with van der Waals surface area (Å²) in [5.74, 6) is 0.355. The molecule has 0 amide bonds. The second kappa shape index (κ2) is 15.3. The first-order valence-electron chi connectivity index (χ1n) is 21.4. The molecule has 0 heterocycles. The number of carbonyl (C=O) groups excluding carboxylic acids is 3. The van der Waals surface area contributed by atoms with Gasteiger partial charge >= 0.3 is 0 Å². The van der Waals surface area contributed by atoms with Crippen molar-refractivity contribution in [2.24, 2.45) is 0 Å². The summed E-state index contributed by atoms with van der Waals surface area (Å²) in [7, 11) is 0. The Morgan fingerprint density at radius 2 is 0.862 bits per heavy atom. The molecule has 0 fully saturated rings. The number of hydrogen-bond donors (Lipinski definition) is 1. The van der Waals surface area contributed by atoms with Gasteiger partial charge in [-0.2, -0.15) is 0 Å². The lowest BCUT2D eigenvalue weighted by Crippen LogP contribution is -2.02. The van der Waals surface area contributed by atoms with Crippen LogP contribution in [0.1, 0.15) is 155 Å². The number of fused-ring (bicyclic) bond motifs is 12. The van der Waals surface area contributed by atoms with Gasteiger partial charge in [0.15, 0.2) is 17.3 Å². The number of ketones is 3. The zero-order chi connectivity index (χ0) is 40.2. The zero-order valence-corrected chi connectivity index (χ0v) is 33.1. The van der Waals surface area contributed by atoms with Crippen LogP contribution in [0.15, 0.2) is 30.3 Å². The van der Waals surface area contributed by atoms with Gasteiger partial charge < -0.3 is 5.73 Å². The molecule has 8 aliphatic rings. The molecule has 0 saturated heterocycles. The van der Waals surface area contributed by atoms with Crippen molar-refractivity contribution in [3.05, 3.63) is 140 Å². The summed E-state index contributed by atoms with van der Waals surface area (Å²) >= 11 is 0. The normalized spacial score (nSPS) is 18.0. The van der Waals surface area contributed by atoms with E-state index >= 15 is 0 Å². The Bertz CT molecular complexity index is 2480. The molecule has 0 aromatic heterocycles. The number of nitrogen functional groups attached to an aromatic ring is 1. The van der Waals surface area contributed by atoms with E-state index in [4.69, 9.17) is 5.73 Å². The number of nitro benzene ring substituents is 2. The van der Waals surface area contributed by atoms with E-state index in [0.717, 1.165) is 96.9 Å². The van der Waals surface area contributed by atoms with E-state index < -0.39 is 4.92 Å². The average Bonchev–Trinajstić information content (AvgIpc) is 4.05. The molecule has 0 unspecified atom stereocenters. The fourth-order valence-electron chi connectivity index (χ4n) is 11.4. The highest BCUT2D eigenvalue weighted by atomic mass is 16.6. The van der Waals surface area contributed by atoms with Crippen molar-refractivity contribution in [3.63, 3.8) is 0 Å². The highest BCUT2D eigenvalue weighted by Gasteiger charge is 2.35. The molecule has 0 aliphatic heterocycles. The quantitative estimate of drug-likeness (QED) is 0.120. The van der Waals surface area contributed by atoms with E-state index in [1.807, 2.05) is 6.07 Å². The first kappa shape index (κ1) is 38.0. The fraction of sp³-hybridized carbons (Fsp3) is 0.438. The summed E-state index contributed by atoms with van der Waals surface area (Å²) in [5, 5.41) is 21.9. The predicted octanol–water partition coefficient (Wildman–Crippen LogP) is 8.98. The zero-order valence-electron chi connectivity index (χ0n) is 33.1. The number of nitrogens with zero attached hydrogens (tertiary/aromatic N) is 2. The maximum atomic E-state index is 11.7. The number of carbonyl (C=O) groups is 3. The van der Waals surface area contributed by atoms with Crippen LogP contribution in [0.4, 0.5) is 17.1 Å². The maximum absolute atomic E-state index is 11.7. The number of hydrogen-bond acceptors (Lipinski definition) is 8. The Kier molecular flexibility index (Phi) is 10.1. The maximum Gasteiger partial charge on any atom is 0.280 e. The molecule has 0 saturated carbocycles. The number of anilines is 1. The van der Waals surface area contributed by atoms with Crippen molar-refractivity contribution in [1.82, 2.24) is 0 Å². The minimum Gasteiger partial charge on any atom is -0.398 e. The molecule has 10 nitrogen and oxygen atoms in total. The molecule has 4 aromatic carbocycles. The van der Waals surface area contributed by atoms with Gasteiger partial charge in [-0.25, -0.2) is 0 Å². The topological polar surface area (TPSA) is 164 Å². The largest absolute Gasteiger partial charge is 0.398 e. The van der Waals surface area contributed by atoms with E-state index in [2.05, 4.69) is 12.1 Å². The average molecular weight is 780 g/mol. The fourth-order valence-corrected chi connectivity index (χ4v) is 11.4. The number of rotatable bonds is 2. The van der Waals surface area contributed by atoms with E-state index in [9.17, 15) is 34.6 Å². The van der Waals surface area contributed by atoms with Crippen LogP contribution in [0.5, 0.6) is 0 Å². The SMILES string of the molecule is Nc1cc2c(c3c1CCC3)CCC2.O=C1CCc2c1cc([N+](=O)[O-])c1c2CCC1.O=C1CCc2c1ccc1c2CCC1.O=C1CCc2c3c(cc([N+](=O)[O-])c21)CCC3. The minimum atomic E-state index is -0.416.